The number of nitrogens with one attached hydrogen (secondary N) is 1. The molecular formula is C17H25N3O2. The van der Waals surface area contributed by atoms with Crippen LogP contribution in [0, 0.1) is 0 Å². The Balaban J connectivity index is 1.52. The average Bonchev–Trinajstić information content (AvgIpc) is 2.51. The second-order valence-corrected chi connectivity index (χ2v) is 6.41. The summed E-state index contributed by atoms with van der Waals surface area (Å²) in [5.41, 5.74) is 2.57. The van der Waals surface area contributed by atoms with Gasteiger partial charge in [-0.05, 0) is 43.9 Å². The Morgan fingerprint density at radius 2 is 1.82 bits per heavy atom. The number of carboxylic acid groups (broad SMARTS) is 1. The first-order chi connectivity index (χ1) is 10.6. The van der Waals surface area contributed by atoms with E-state index in [9.17, 15) is 4.79 Å². The fourth-order valence-electron chi connectivity index (χ4n) is 3.32. The predicted octanol–water partition coefficient (Wildman–Crippen LogP) is 2.69. The van der Waals surface area contributed by atoms with Crippen molar-refractivity contribution < 1.29 is 9.90 Å². The van der Waals surface area contributed by atoms with E-state index < -0.39 is 6.09 Å². The number of hydrogen-bond donors (Lipinski definition) is 2. The third-order valence-corrected chi connectivity index (χ3v) is 4.75. The van der Waals surface area contributed by atoms with Crippen molar-refractivity contribution in [2.24, 2.45) is 0 Å². The van der Waals surface area contributed by atoms with Crippen molar-refractivity contribution >= 4 is 11.8 Å². The highest BCUT2D eigenvalue weighted by Gasteiger charge is 2.31. The summed E-state index contributed by atoms with van der Waals surface area (Å²) in [7, 11) is 0. The van der Waals surface area contributed by atoms with Crippen molar-refractivity contribution in [3.05, 3.63) is 29.8 Å². The summed E-state index contributed by atoms with van der Waals surface area (Å²) < 4.78 is 0. The fraction of sp³-hybridized carbons (Fsp3) is 0.588. The molecule has 5 nitrogen and oxygen atoms in total. The van der Waals surface area contributed by atoms with Crippen molar-refractivity contribution in [1.29, 1.82) is 0 Å². The standard InChI is InChI=1S/C17H25N3O2/c1-13(18-15-11-20(12-15)17(21)22)14-5-7-16(8-6-14)19-9-3-2-4-10-19/h5-8,13,15,18H,2-4,9-12H2,1H3,(H,21,22). The first kappa shape index (κ1) is 15.2. The molecule has 0 saturated carbocycles. The summed E-state index contributed by atoms with van der Waals surface area (Å²) in [4.78, 5) is 14.7. The summed E-state index contributed by atoms with van der Waals surface area (Å²) in [5, 5.41) is 12.3. The Kier molecular flexibility index (Phi) is 4.52. The minimum atomic E-state index is -0.823. The Bertz CT molecular complexity index is 505. The Morgan fingerprint density at radius 1 is 1.18 bits per heavy atom. The van der Waals surface area contributed by atoms with E-state index >= 15 is 0 Å². The number of piperidine rings is 1. The molecule has 120 valence electrons. The molecule has 2 saturated heterocycles. The van der Waals surface area contributed by atoms with Gasteiger partial charge < -0.3 is 20.2 Å². The van der Waals surface area contributed by atoms with Gasteiger partial charge in [-0.1, -0.05) is 12.1 Å². The van der Waals surface area contributed by atoms with Gasteiger partial charge in [0.25, 0.3) is 0 Å². The van der Waals surface area contributed by atoms with E-state index in [2.05, 4.69) is 41.4 Å². The third-order valence-electron chi connectivity index (χ3n) is 4.75. The zero-order chi connectivity index (χ0) is 15.5. The van der Waals surface area contributed by atoms with Crippen molar-refractivity contribution in [1.82, 2.24) is 10.2 Å². The summed E-state index contributed by atoms with van der Waals surface area (Å²) in [6.07, 6.45) is 3.12. The van der Waals surface area contributed by atoms with Gasteiger partial charge in [-0.25, -0.2) is 4.79 Å². The first-order valence-corrected chi connectivity index (χ1v) is 8.22. The molecule has 1 atom stereocenters. The maximum Gasteiger partial charge on any atom is 0.407 e. The van der Waals surface area contributed by atoms with Gasteiger partial charge in [0.2, 0.25) is 0 Å². The molecule has 2 aliphatic rings. The van der Waals surface area contributed by atoms with E-state index in [1.165, 1.54) is 48.5 Å². The molecule has 1 amide bonds. The Morgan fingerprint density at radius 3 is 2.41 bits per heavy atom. The molecule has 2 N–H and O–H groups in total. The predicted molar refractivity (Wildman–Crippen MR) is 87.4 cm³/mol. The largest absolute Gasteiger partial charge is 0.465 e. The van der Waals surface area contributed by atoms with Gasteiger partial charge in [-0.3, -0.25) is 0 Å². The van der Waals surface area contributed by atoms with Crippen LogP contribution in [0.3, 0.4) is 0 Å². The topological polar surface area (TPSA) is 55.8 Å². The lowest BCUT2D eigenvalue weighted by Gasteiger charge is -2.39. The summed E-state index contributed by atoms with van der Waals surface area (Å²) in [5.74, 6) is 0. The van der Waals surface area contributed by atoms with Crippen molar-refractivity contribution in [3.63, 3.8) is 0 Å². The maximum absolute atomic E-state index is 10.8. The van der Waals surface area contributed by atoms with Gasteiger partial charge in [0.15, 0.2) is 0 Å². The molecule has 0 aliphatic carbocycles. The maximum atomic E-state index is 10.8. The van der Waals surface area contributed by atoms with Gasteiger partial charge >= 0.3 is 6.09 Å². The van der Waals surface area contributed by atoms with Crippen LogP contribution in [-0.4, -0.2) is 48.3 Å². The van der Waals surface area contributed by atoms with E-state index in [1.807, 2.05) is 0 Å². The molecule has 0 aromatic heterocycles. The van der Waals surface area contributed by atoms with Gasteiger partial charge in [-0.15, -0.1) is 0 Å². The number of rotatable bonds is 4. The van der Waals surface area contributed by atoms with Gasteiger partial charge in [0.1, 0.15) is 0 Å². The molecule has 0 spiro atoms. The number of hydrogen-bond acceptors (Lipinski definition) is 3. The lowest BCUT2D eigenvalue weighted by atomic mass is 10.0. The van der Waals surface area contributed by atoms with E-state index in [4.69, 9.17) is 5.11 Å². The van der Waals surface area contributed by atoms with Crippen LogP contribution in [0.5, 0.6) is 0 Å². The molecule has 2 fully saturated rings. The lowest BCUT2D eigenvalue weighted by Crippen LogP contribution is -2.59. The zero-order valence-electron chi connectivity index (χ0n) is 13.2. The number of benzene rings is 1. The van der Waals surface area contributed by atoms with Gasteiger partial charge in [-0.2, -0.15) is 0 Å². The average molecular weight is 303 g/mol. The van der Waals surface area contributed by atoms with E-state index in [1.54, 1.807) is 0 Å². The molecule has 22 heavy (non-hydrogen) atoms. The third kappa shape index (κ3) is 3.35. The molecule has 3 rings (SSSR count). The lowest BCUT2D eigenvalue weighted by molar-refractivity contribution is 0.0926. The molecule has 5 heteroatoms. The molecular weight excluding hydrogens is 278 g/mol. The van der Waals surface area contributed by atoms with Crippen LogP contribution in [0.1, 0.15) is 37.8 Å². The number of amides is 1. The minimum absolute atomic E-state index is 0.247. The summed E-state index contributed by atoms with van der Waals surface area (Å²) >= 11 is 0. The normalized spacial score (nSPS) is 20.6. The second kappa shape index (κ2) is 6.57. The SMILES string of the molecule is CC(NC1CN(C(=O)O)C1)c1ccc(N2CCCCC2)cc1. The molecule has 0 radical (unpaired) electrons. The molecule has 1 aromatic carbocycles. The second-order valence-electron chi connectivity index (χ2n) is 6.41. The smallest absolute Gasteiger partial charge is 0.407 e. The minimum Gasteiger partial charge on any atom is -0.465 e. The molecule has 2 heterocycles. The van der Waals surface area contributed by atoms with Gasteiger partial charge in [0, 0.05) is 44.0 Å². The highest BCUT2D eigenvalue weighted by atomic mass is 16.4. The first-order valence-electron chi connectivity index (χ1n) is 8.22. The zero-order valence-corrected chi connectivity index (χ0v) is 13.2. The van der Waals surface area contributed by atoms with Crippen LogP contribution < -0.4 is 10.2 Å². The van der Waals surface area contributed by atoms with Crippen LogP contribution in [0.25, 0.3) is 0 Å². The van der Waals surface area contributed by atoms with E-state index in [0.29, 0.717) is 13.1 Å². The van der Waals surface area contributed by atoms with E-state index in [0.717, 1.165) is 0 Å². The van der Waals surface area contributed by atoms with Crippen LogP contribution >= 0.6 is 0 Å². The van der Waals surface area contributed by atoms with E-state index in [-0.39, 0.29) is 12.1 Å². The van der Waals surface area contributed by atoms with Crippen LogP contribution in [-0.2, 0) is 0 Å². The number of anilines is 1. The molecule has 1 aromatic rings. The van der Waals surface area contributed by atoms with Crippen molar-refractivity contribution in [2.45, 2.75) is 38.3 Å². The Hall–Kier alpha value is -1.75. The monoisotopic (exact) mass is 303 g/mol. The Labute approximate surface area is 131 Å². The number of nitrogens with zero attached hydrogens (tertiary/aromatic N) is 2. The van der Waals surface area contributed by atoms with Crippen LogP contribution in [0.2, 0.25) is 0 Å². The highest BCUT2D eigenvalue weighted by Crippen LogP contribution is 2.23. The molecule has 1 unspecified atom stereocenters. The van der Waals surface area contributed by atoms with Crippen molar-refractivity contribution in [3.8, 4) is 0 Å². The number of likely N-dealkylation sites (tertiary alicyclic amines) is 1. The fourth-order valence-corrected chi connectivity index (χ4v) is 3.32. The number of carbonyl (C=O) groups is 1. The van der Waals surface area contributed by atoms with Crippen molar-refractivity contribution in [2.75, 3.05) is 31.1 Å². The molecule has 2 aliphatic heterocycles. The summed E-state index contributed by atoms with van der Waals surface area (Å²) in [6, 6.07) is 9.32. The quantitative estimate of drug-likeness (QED) is 0.898. The van der Waals surface area contributed by atoms with Gasteiger partial charge in [0.05, 0.1) is 0 Å². The summed E-state index contributed by atoms with van der Waals surface area (Å²) in [6.45, 7) is 5.65. The molecule has 0 bridgehead atoms. The van der Waals surface area contributed by atoms with Crippen LogP contribution in [0.4, 0.5) is 10.5 Å². The van der Waals surface area contributed by atoms with Crippen LogP contribution in [0.15, 0.2) is 24.3 Å². The highest BCUT2D eigenvalue weighted by molar-refractivity contribution is 5.66.